The number of rotatable bonds is 7. The lowest BCUT2D eigenvalue weighted by Gasteiger charge is -2.09. The summed E-state index contributed by atoms with van der Waals surface area (Å²) < 4.78 is 7.49. The molecule has 0 aliphatic rings. The third-order valence-electron chi connectivity index (χ3n) is 4.82. The minimum absolute atomic E-state index is 0.403. The summed E-state index contributed by atoms with van der Waals surface area (Å²) in [5, 5.41) is 14.4. The van der Waals surface area contributed by atoms with E-state index in [0.29, 0.717) is 28.9 Å². The molecule has 0 fully saturated rings. The maximum atomic E-state index is 6.24. The zero-order valence-electron chi connectivity index (χ0n) is 16.9. The molecule has 0 spiro atoms. The van der Waals surface area contributed by atoms with Crippen LogP contribution in [0.25, 0.3) is 17.1 Å². The summed E-state index contributed by atoms with van der Waals surface area (Å²) in [7, 11) is 0. The van der Waals surface area contributed by atoms with E-state index in [0.717, 1.165) is 22.2 Å². The molecule has 0 saturated heterocycles. The predicted octanol–water partition coefficient (Wildman–Crippen LogP) is 5.85. The van der Waals surface area contributed by atoms with E-state index in [4.69, 9.17) is 16.1 Å². The smallest absolute Gasteiger partial charge is 0.259 e. The van der Waals surface area contributed by atoms with E-state index in [1.54, 1.807) is 6.07 Å². The van der Waals surface area contributed by atoms with Gasteiger partial charge in [-0.3, -0.25) is 4.57 Å². The Labute approximate surface area is 194 Å². The summed E-state index contributed by atoms with van der Waals surface area (Å²) in [5.41, 5.74) is 2.91. The average molecular weight is 460 g/mol. The van der Waals surface area contributed by atoms with Crippen molar-refractivity contribution in [3.63, 3.8) is 0 Å². The van der Waals surface area contributed by atoms with Crippen LogP contribution in [0.2, 0.25) is 5.02 Å². The molecule has 6 nitrogen and oxygen atoms in total. The van der Waals surface area contributed by atoms with Crippen molar-refractivity contribution in [2.75, 3.05) is 0 Å². The first-order valence-corrected chi connectivity index (χ1v) is 11.4. The number of thioether (sulfide) groups is 1. The minimum atomic E-state index is 0.403. The summed E-state index contributed by atoms with van der Waals surface area (Å²) in [6.45, 7) is 0. The van der Waals surface area contributed by atoms with Gasteiger partial charge in [-0.15, -0.1) is 10.2 Å². The Morgan fingerprint density at radius 1 is 0.844 bits per heavy atom. The molecular formula is C24H18ClN5OS. The van der Waals surface area contributed by atoms with Crippen molar-refractivity contribution in [2.24, 2.45) is 0 Å². The highest BCUT2D eigenvalue weighted by Crippen LogP contribution is 2.29. The molecule has 2 aromatic heterocycles. The SMILES string of the molecule is Clc1ccccc1-c1nc(CSc2nnc(Cc3ccccc3)n2-c2ccccc2)no1. The van der Waals surface area contributed by atoms with E-state index < -0.39 is 0 Å². The molecule has 0 radical (unpaired) electrons. The second-order valence-corrected chi connectivity index (χ2v) is 8.37. The first-order chi connectivity index (χ1) is 15.8. The Morgan fingerprint density at radius 3 is 2.34 bits per heavy atom. The van der Waals surface area contributed by atoms with E-state index in [9.17, 15) is 0 Å². The van der Waals surface area contributed by atoms with Gasteiger partial charge in [-0.1, -0.05) is 89.2 Å². The van der Waals surface area contributed by atoms with Crippen LogP contribution in [0.5, 0.6) is 0 Å². The van der Waals surface area contributed by atoms with Gasteiger partial charge in [0.05, 0.1) is 16.3 Å². The van der Waals surface area contributed by atoms with Gasteiger partial charge in [0.2, 0.25) is 0 Å². The summed E-state index contributed by atoms with van der Waals surface area (Å²) in [5.74, 6) is 2.33. The van der Waals surface area contributed by atoms with Crippen LogP contribution in [0.4, 0.5) is 0 Å². The Bertz CT molecular complexity index is 1320. The molecule has 5 aromatic rings. The monoisotopic (exact) mass is 459 g/mol. The van der Waals surface area contributed by atoms with Crippen molar-refractivity contribution in [3.8, 4) is 17.1 Å². The van der Waals surface area contributed by atoms with E-state index in [-0.39, 0.29) is 0 Å². The van der Waals surface area contributed by atoms with Gasteiger partial charge in [0.15, 0.2) is 11.0 Å². The fourth-order valence-electron chi connectivity index (χ4n) is 3.31. The van der Waals surface area contributed by atoms with Gasteiger partial charge in [0.1, 0.15) is 5.82 Å². The van der Waals surface area contributed by atoms with Crippen molar-refractivity contribution in [3.05, 3.63) is 107 Å². The molecule has 158 valence electrons. The fraction of sp³-hybridized carbons (Fsp3) is 0.0833. The fourth-order valence-corrected chi connectivity index (χ4v) is 4.34. The van der Waals surface area contributed by atoms with Crippen LogP contribution in [0.3, 0.4) is 0 Å². The number of para-hydroxylation sites is 1. The maximum Gasteiger partial charge on any atom is 0.259 e. The largest absolute Gasteiger partial charge is 0.334 e. The summed E-state index contributed by atoms with van der Waals surface area (Å²) in [6.07, 6.45) is 0.683. The zero-order chi connectivity index (χ0) is 21.8. The molecule has 0 saturated carbocycles. The normalized spacial score (nSPS) is 11.0. The maximum absolute atomic E-state index is 6.24. The van der Waals surface area contributed by atoms with Crippen molar-refractivity contribution in [1.82, 2.24) is 24.9 Å². The van der Waals surface area contributed by atoms with Crippen molar-refractivity contribution in [2.45, 2.75) is 17.3 Å². The van der Waals surface area contributed by atoms with Crippen LogP contribution >= 0.6 is 23.4 Å². The number of hydrogen-bond donors (Lipinski definition) is 0. The van der Waals surface area contributed by atoms with E-state index >= 15 is 0 Å². The third-order valence-corrected chi connectivity index (χ3v) is 6.08. The topological polar surface area (TPSA) is 69.6 Å². The second-order valence-electron chi connectivity index (χ2n) is 7.02. The van der Waals surface area contributed by atoms with E-state index in [2.05, 4.69) is 37.0 Å². The Kier molecular flexibility index (Phi) is 6.00. The van der Waals surface area contributed by atoms with Gasteiger partial charge >= 0.3 is 0 Å². The molecule has 8 heteroatoms. The molecule has 0 aliphatic carbocycles. The molecule has 0 unspecified atom stereocenters. The highest BCUT2D eigenvalue weighted by molar-refractivity contribution is 7.98. The molecule has 0 bridgehead atoms. The molecule has 0 atom stereocenters. The van der Waals surface area contributed by atoms with Gasteiger partial charge in [0, 0.05) is 12.1 Å². The van der Waals surface area contributed by atoms with Crippen LogP contribution in [-0.4, -0.2) is 24.9 Å². The van der Waals surface area contributed by atoms with Crippen LogP contribution in [0.15, 0.2) is 94.6 Å². The molecule has 0 aliphatic heterocycles. The lowest BCUT2D eigenvalue weighted by molar-refractivity contribution is 0.425. The van der Waals surface area contributed by atoms with Crippen LogP contribution in [0.1, 0.15) is 17.2 Å². The second kappa shape index (κ2) is 9.38. The predicted molar refractivity (Wildman–Crippen MR) is 125 cm³/mol. The van der Waals surface area contributed by atoms with E-state index in [1.165, 1.54) is 17.3 Å². The molecule has 5 rings (SSSR count). The van der Waals surface area contributed by atoms with Crippen molar-refractivity contribution < 1.29 is 4.52 Å². The van der Waals surface area contributed by atoms with E-state index in [1.807, 2.05) is 66.7 Å². The Balaban J connectivity index is 1.40. The van der Waals surface area contributed by atoms with Gasteiger partial charge in [-0.2, -0.15) is 4.98 Å². The highest BCUT2D eigenvalue weighted by Gasteiger charge is 2.17. The number of aromatic nitrogens is 5. The Morgan fingerprint density at radius 2 is 1.56 bits per heavy atom. The number of hydrogen-bond acceptors (Lipinski definition) is 6. The van der Waals surface area contributed by atoms with Gasteiger partial charge in [-0.25, -0.2) is 0 Å². The first-order valence-electron chi connectivity index (χ1n) is 10.0. The van der Waals surface area contributed by atoms with Gasteiger partial charge < -0.3 is 4.52 Å². The molecule has 3 aromatic carbocycles. The molecule has 0 N–H and O–H groups in total. The first kappa shape index (κ1) is 20.5. The summed E-state index contributed by atoms with van der Waals surface area (Å²) >= 11 is 7.75. The number of benzene rings is 3. The van der Waals surface area contributed by atoms with Gasteiger partial charge in [0.25, 0.3) is 5.89 Å². The molecule has 32 heavy (non-hydrogen) atoms. The summed E-state index contributed by atoms with van der Waals surface area (Å²) in [4.78, 5) is 4.49. The lowest BCUT2D eigenvalue weighted by atomic mass is 10.1. The molecular weight excluding hydrogens is 442 g/mol. The number of nitrogens with zero attached hydrogens (tertiary/aromatic N) is 5. The van der Waals surface area contributed by atoms with Crippen LogP contribution in [-0.2, 0) is 12.2 Å². The number of halogens is 1. The quantitative estimate of drug-likeness (QED) is 0.284. The minimum Gasteiger partial charge on any atom is -0.334 e. The van der Waals surface area contributed by atoms with Gasteiger partial charge in [-0.05, 0) is 29.8 Å². The third kappa shape index (κ3) is 4.44. The van der Waals surface area contributed by atoms with Crippen molar-refractivity contribution in [1.29, 1.82) is 0 Å². The Hall–Kier alpha value is -3.42. The lowest BCUT2D eigenvalue weighted by Crippen LogP contribution is -2.03. The highest BCUT2D eigenvalue weighted by atomic mass is 35.5. The van der Waals surface area contributed by atoms with Crippen LogP contribution in [0, 0.1) is 0 Å². The van der Waals surface area contributed by atoms with Crippen LogP contribution < -0.4 is 0 Å². The standard InChI is InChI=1S/C24H18ClN5OS/c25-20-14-8-7-13-19(20)23-26-21(29-31-23)16-32-24-28-27-22(15-17-9-3-1-4-10-17)30(24)18-11-5-2-6-12-18/h1-14H,15-16H2. The molecule has 2 heterocycles. The summed E-state index contributed by atoms with van der Waals surface area (Å²) in [6, 6.07) is 27.7. The zero-order valence-corrected chi connectivity index (χ0v) is 18.5. The molecule has 0 amide bonds. The van der Waals surface area contributed by atoms with Crippen molar-refractivity contribution >= 4 is 23.4 Å². The average Bonchev–Trinajstić information content (AvgIpc) is 3.46.